The predicted octanol–water partition coefficient (Wildman–Crippen LogP) is 3.61. The molecular weight excluding hydrogens is 514 g/mol. The summed E-state index contributed by atoms with van der Waals surface area (Å²) in [7, 11) is 0. The molecule has 0 bridgehead atoms. The summed E-state index contributed by atoms with van der Waals surface area (Å²) in [5.41, 5.74) is -3.50. The van der Waals surface area contributed by atoms with Gasteiger partial charge in [-0.05, 0) is 31.0 Å². The number of nitrogens with one attached hydrogen (secondary N) is 1. The van der Waals surface area contributed by atoms with E-state index < -0.39 is 76.4 Å². The van der Waals surface area contributed by atoms with E-state index in [1.807, 2.05) is 5.32 Å². The van der Waals surface area contributed by atoms with E-state index in [0.29, 0.717) is 23.2 Å². The molecular formula is C22H16F6N4O5. The molecule has 1 unspecified atom stereocenters. The van der Waals surface area contributed by atoms with Crippen LogP contribution in [0.25, 0.3) is 5.69 Å². The molecule has 2 N–H and O–H groups in total. The smallest absolute Gasteiger partial charge is 0.422 e. The summed E-state index contributed by atoms with van der Waals surface area (Å²) in [5, 5.41) is 15.1. The summed E-state index contributed by atoms with van der Waals surface area (Å²) < 4.78 is 87.6. The zero-order valence-electron chi connectivity index (χ0n) is 18.5. The van der Waals surface area contributed by atoms with Crippen molar-refractivity contribution in [3.63, 3.8) is 0 Å². The molecule has 196 valence electrons. The minimum atomic E-state index is -4.89. The van der Waals surface area contributed by atoms with Crippen LogP contribution in [-0.4, -0.2) is 44.1 Å². The van der Waals surface area contributed by atoms with Crippen LogP contribution < -0.4 is 15.7 Å². The van der Waals surface area contributed by atoms with Crippen molar-refractivity contribution in [1.82, 2.24) is 14.3 Å². The second-order valence-corrected chi connectivity index (χ2v) is 7.99. The van der Waals surface area contributed by atoms with Crippen molar-refractivity contribution in [2.24, 2.45) is 0 Å². The summed E-state index contributed by atoms with van der Waals surface area (Å²) in [6, 6.07) is 3.61. The number of amides is 1. The summed E-state index contributed by atoms with van der Waals surface area (Å²) >= 11 is 0. The summed E-state index contributed by atoms with van der Waals surface area (Å²) in [6.07, 6.45) is -4.43. The fourth-order valence-electron chi connectivity index (χ4n) is 3.81. The van der Waals surface area contributed by atoms with Gasteiger partial charge in [0, 0.05) is 12.6 Å². The van der Waals surface area contributed by atoms with Crippen LogP contribution >= 0.6 is 0 Å². The van der Waals surface area contributed by atoms with Gasteiger partial charge in [-0.25, -0.2) is 18.0 Å². The first kappa shape index (κ1) is 25.8. The van der Waals surface area contributed by atoms with E-state index in [4.69, 9.17) is 0 Å². The monoisotopic (exact) mass is 530 g/mol. The predicted molar refractivity (Wildman–Crippen MR) is 113 cm³/mol. The van der Waals surface area contributed by atoms with Gasteiger partial charge in [0.25, 0.3) is 5.91 Å². The van der Waals surface area contributed by atoms with E-state index in [1.54, 1.807) is 0 Å². The van der Waals surface area contributed by atoms with Gasteiger partial charge in [0.1, 0.15) is 46.3 Å². The number of carboxylic acid groups (broad SMARTS) is 1. The van der Waals surface area contributed by atoms with Crippen LogP contribution in [0.2, 0.25) is 0 Å². The molecule has 9 nitrogen and oxygen atoms in total. The highest BCUT2D eigenvalue weighted by atomic mass is 19.4. The molecule has 3 aromatic rings. The zero-order valence-corrected chi connectivity index (χ0v) is 18.5. The topological polar surface area (TPSA) is 115 Å². The third-order valence-electron chi connectivity index (χ3n) is 5.49. The molecule has 2 aromatic carbocycles. The lowest BCUT2D eigenvalue weighted by atomic mass is 9.99. The summed E-state index contributed by atoms with van der Waals surface area (Å²) in [4.78, 5) is 37.0. The first-order valence-electron chi connectivity index (χ1n) is 10.6. The van der Waals surface area contributed by atoms with E-state index in [1.165, 1.54) is 0 Å². The Morgan fingerprint density at radius 2 is 1.81 bits per heavy atom. The molecule has 1 aromatic heterocycles. The normalized spacial score (nSPS) is 15.2. The molecule has 1 aliphatic heterocycles. The maximum Gasteiger partial charge on any atom is 0.422 e. The van der Waals surface area contributed by atoms with Gasteiger partial charge >= 0.3 is 17.8 Å². The van der Waals surface area contributed by atoms with Crippen LogP contribution in [0.15, 0.2) is 35.1 Å². The van der Waals surface area contributed by atoms with Gasteiger partial charge < -0.3 is 15.2 Å². The number of rotatable bonds is 6. The number of nitrogens with zero attached hydrogens (tertiary/aromatic N) is 3. The van der Waals surface area contributed by atoms with Gasteiger partial charge in [-0.1, -0.05) is 6.07 Å². The molecule has 1 amide bonds. The Morgan fingerprint density at radius 1 is 1.14 bits per heavy atom. The Morgan fingerprint density at radius 3 is 2.43 bits per heavy atom. The molecule has 37 heavy (non-hydrogen) atoms. The van der Waals surface area contributed by atoms with Gasteiger partial charge in [-0.2, -0.15) is 17.9 Å². The Hall–Kier alpha value is -4.30. The van der Waals surface area contributed by atoms with Crippen molar-refractivity contribution >= 4 is 17.6 Å². The Balaban J connectivity index is 1.80. The van der Waals surface area contributed by atoms with Crippen molar-refractivity contribution in [3.8, 4) is 11.4 Å². The summed E-state index contributed by atoms with van der Waals surface area (Å²) in [6.45, 7) is -1.85. The van der Waals surface area contributed by atoms with Gasteiger partial charge in [0.15, 0.2) is 6.61 Å². The lowest BCUT2D eigenvalue weighted by Crippen LogP contribution is -2.29. The van der Waals surface area contributed by atoms with E-state index >= 15 is 4.39 Å². The number of aliphatic carboxylic acids is 1. The number of hydrogen-bond donors (Lipinski definition) is 2. The lowest BCUT2D eigenvalue weighted by Gasteiger charge is -2.17. The summed E-state index contributed by atoms with van der Waals surface area (Å²) in [5.74, 6) is -8.66. The molecule has 1 atom stereocenters. The van der Waals surface area contributed by atoms with E-state index in [-0.39, 0.29) is 18.8 Å². The first-order chi connectivity index (χ1) is 17.4. The van der Waals surface area contributed by atoms with Crippen LogP contribution in [0.1, 0.15) is 34.9 Å². The molecule has 0 aliphatic carbocycles. The molecule has 1 aliphatic rings. The maximum absolute atomic E-state index is 15.1. The van der Waals surface area contributed by atoms with Crippen LogP contribution in [0.5, 0.6) is 5.75 Å². The average molecular weight is 530 g/mol. The zero-order chi connectivity index (χ0) is 27.1. The van der Waals surface area contributed by atoms with Crippen LogP contribution in [0, 0.1) is 17.5 Å². The molecule has 15 heteroatoms. The highest BCUT2D eigenvalue weighted by Crippen LogP contribution is 2.30. The third-order valence-corrected chi connectivity index (χ3v) is 5.49. The van der Waals surface area contributed by atoms with Crippen molar-refractivity contribution in [2.75, 3.05) is 11.9 Å². The molecule has 0 spiro atoms. The van der Waals surface area contributed by atoms with Crippen LogP contribution in [0.4, 0.5) is 32.0 Å². The van der Waals surface area contributed by atoms with Crippen molar-refractivity contribution in [2.45, 2.75) is 31.5 Å². The second kappa shape index (κ2) is 9.63. The Kier molecular flexibility index (Phi) is 6.71. The number of halogens is 6. The number of para-hydroxylation sites is 1. The number of alkyl halides is 3. The molecule has 2 heterocycles. The highest BCUT2D eigenvalue weighted by Gasteiger charge is 2.33. The van der Waals surface area contributed by atoms with E-state index in [2.05, 4.69) is 9.84 Å². The van der Waals surface area contributed by atoms with Gasteiger partial charge in [0.05, 0.1) is 5.56 Å². The largest absolute Gasteiger partial charge is 0.483 e. The molecule has 0 fully saturated rings. The van der Waals surface area contributed by atoms with Crippen LogP contribution in [0.3, 0.4) is 0 Å². The number of carboxylic acids is 1. The molecule has 0 saturated heterocycles. The SMILES string of the molecule is O=C(Nc1c(F)cccc1F)c1cc(F)c(-n2nc3n(c2=O)CCCC3C(=O)O)cc1OCC(F)(F)F. The number of hydrogen-bond acceptors (Lipinski definition) is 5. The number of benzene rings is 2. The fraction of sp³-hybridized carbons (Fsp3) is 0.273. The quantitative estimate of drug-likeness (QED) is 0.471. The second-order valence-electron chi connectivity index (χ2n) is 7.99. The maximum atomic E-state index is 15.1. The molecule has 0 radical (unpaired) electrons. The van der Waals surface area contributed by atoms with Crippen molar-refractivity contribution < 1.29 is 45.8 Å². The number of fused-ring (bicyclic) bond motifs is 1. The number of ether oxygens (including phenoxy) is 1. The van der Waals surface area contributed by atoms with E-state index in [0.717, 1.165) is 22.8 Å². The molecule has 4 rings (SSSR count). The van der Waals surface area contributed by atoms with Gasteiger partial charge in [0.2, 0.25) is 0 Å². The van der Waals surface area contributed by atoms with Crippen LogP contribution in [-0.2, 0) is 11.3 Å². The van der Waals surface area contributed by atoms with Gasteiger partial charge in [-0.15, -0.1) is 5.10 Å². The fourth-order valence-corrected chi connectivity index (χ4v) is 3.81. The number of anilines is 1. The van der Waals surface area contributed by atoms with E-state index in [9.17, 15) is 41.4 Å². The minimum Gasteiger partial charge on any atom is -0.483 e. The Labute approximate surface area is 202 Å². The minimum absolute atomic E-state index is 0.0751. The standard InChI is InChI=1S/C22H16F6N4O5/c23-12-4-1-5-13(24)17(12)29-19(33)11-7-14(25)15(8-16(11)37-9-22(26,27)28)32-21(36)31-6-2-3-10(20(34)35)18(31)30-32/h1,4-5,7-8,10H,2-3,6,9H2,(H,29,33)(H,34,35). The first-order valence-corrected chi connectivity index (χ1v) is 10.6. The van der Waals surface area contributed by atoms with Gasteiger partial charge in [-0.3, -0.25) is 14.2 Å². The van der Waals surface area contributed by atoms with Crippen molar-refractivity contribution in [1.29, 1.82) is 0 Å². The highest BCUT2D eigenvalue weighted by molar-refractivity contribution is 6.06. The molecule has 0 saturated carbocycles. The van der Waals surface area contributed by atoms with Crippen molar-refractivity contribution in [3.05, 3.63) is 69.7 Å². The third kappa shape index (κ3) is 5.15. The number of carbonyl (C=O) groups is 2. The number of aromatic nitrogens is 3. The average Bonchev–Trinajstić information content (AvgIpc) is 3.16. The lowest BCUT2D eigenvalue weighted by molar-refractivity contribution is -0.153. The number of carbonyl (C=O) groups excluding carboxylic acids is 1. The Bertz CT molecular complexity index is 1430.